The summed E-state index contributed by atoms with van der Waals surface area (Å²) < 4.78 is 0. The highest BCUT2D eigenvalue weighted by Gasteiger charge is 2.31. The van der Waals surface area contributed by atoms with Gasteiger partial charge in [-0.25, -0.2) is 0 Å². The molecule has 0 amide bonds. The van der Waals surface area contributed by atoms with E-state index >= 15 is 0 Å². The highest BCUT2D eigenvalue weighted by atomic mass is 15.2. The Morgan fingerprint density at radius 2 is 2.07 bits per heavy atom. The summed E-state index contributed by atoms with van der Waals surface area (Å²) in [7, 11) is 0. The van der Waals surface area contributed by atoms with Crippen LogP contribution in [0.1, 0.15) is 33.1 Å². The van der Waals surface area contributed by atoms with Gasteiger partial charge in [-0.1, -0.05) is 13.8 Å². The third-order valence-electron chi connectivity index (χ3n) is 3.92. The summed E-state index contributed by atoms with van der Waals surface area (Å²) >= 11 is 0. The molecule has 14 heavy (non-hydrogen) atoms. The lowest BCUT2D eigenvalue weighted by Gasteiger charge is -2.37. The minimum Gasteiger partial charge on any atom is -0.317 e. The molecule has 0 aromatic carbocycles. The lowest BCUT2D eigenvalue weighted by Crippen LogP contribution is -2.42. The molecule has 0 aromatic heterocycles. The number of nitrogens with zero attached hydrogens (tertiary/aromatic N) is 1. The summed E-state index contributed by atoms with van der Waals surface area (Å²) in [5, 5.41) is 3.46. The van der Waals surface area contributed by atoms with Crippen molar-refractivity contribution in [3.8, 4) is 0 Å². The van der Waals surface area contributed by atoms with Crippen molar-refractivity contribution in [2.75, 3.05) is 32.7 Å². The van der Waals surface area contributed by atoms with Crippen molar-refractivity contribution in [3.63, 3.8) is 0 Å². The van der Waals surface area contributed by atoms with E-state index in [2.05, 4.69) is 24.1 Å². The van der Waals surface area contributed by atoms with Crippen LogP contribution in [0, 0.1) is 11.3 Å². The van der Waals surface area contributed by atoms with Crippen molar-refractivity contribution < 1.29 is 0 Å². The van der Waals surface area contributed by atoms with Crippen LogP contribution < -0.4 is 5.32 Å². The normalized spacial score (nSPS) is 33.4. The van der Waals surface area contributed by atoms with Crippen molar-refractivity contribution in [1.82, 2.24) is 10.2 Å². The van der Waals surface area contributed by atoms with Crippen LogP contribution >= 0.6 is 0 Å². The van der Waals surface area contributed by atoms with Gasteiger partial charge in [0, 0.05) is 13.1 Å². The lowest BCUT2D eigenvalue weighted by molar-refractivity contribution is 0.144. The predicted molar refractivity (Wildman–Crippen MR) is 60.4 cm³/mol. The number of rotatable bonds is 2. The van der Waals surface area contributed by atoms with E-state index in [4.69, 9.17) is 0 Å². The fourth-order valence-electron chi connectivity index (χ4n) is 2.90. The van der Waals surface area contributed by atoms with Gasteiger partial charge in [-0.3, -0.25) is 0 Å². The predicted octanol–water partition coefficient (Wildman–Crippen LogP) is 1.72. The van der Waals surface area contributed by atoms with Gasteiger partial charge in [-0.05, 0) is 50.2 Å². The van der Waals surface area contributed by atoms with E-state index in [9.17, 15) is 0 Å². The van der Waals surface area contributed by atoms with Crippen molar-refractivity contribution in [2.24, 2.45) is 11.3 Å². The third-order valence-corrected chi connectivity index (χ3v) is 3.92. The molecule has 2 heterocycles. The zero-order valence-electron chi connectivity index (χ0n) is 9.68. The van der Waals surface area contributed by atoms with Crippen LogP contribution in [0.2, 0.25) is 0 Å². The molecule has 0 aliphatic carbocycles. The Kier molecular flexibility index (Phi) is 3.13. The Bertz CT molecular complexity index is 185. The van der Waals surface area contributed by atoms with E-state index in [1.165, 1.54) is 52.0 Å². The minimum absolute atomic E-state index is 0.593. The smallest absolute Gasteiger partial charge is 0.00364 e. The molecule has 1 N–H and O–H groups in total. The standard InChI is InChI=1S/C12H24N2/c1-11-3-8-14(9-11)10-12(2)4-6-13-7-5-12/h11,13H,3-10H2,1-2H3. The van der Waals surface area contributed by atoms with Crippen molar-refractivity contribution in [2.45, 2.75) is 33.1 Å². The summed E-state index contributed by atoms with van der Waals surface area (Å²) in [6.07, 6.45) is 4.13. The first kappa shape index (κ1) is 10.4. The highest BCUT2D eigenvalue weighted by Crippen LogP contribution is 2.30. The van der Waals surface area contributed by atoms with Crippen LogP contribution in [0.5, 0.6) is 0 Å². The van der Waals surface area contributed by atoms with Gasteiger partial charge < -0.3 is 10.2 Å². The molecule has 2 aliphatic rings. The quantitative estimate of drug-likeness (QED) is 0.723. The average Bonchev–Trinajstić information content (AvgIpc) is 2.51. The molecule has 1 atom stereocenters. The molecule has 0 spiro atoms. The van der Waals surface area contributed by atoms with E-state index in [1.807, 2.05) is 0 Å². The zero-order valence-corrected chi connectivity index (χ0v) is 9.68. The van der Waals surface area contributed by atoms with Crippen LogP contribution in [-0.2, 0) is 0 Å². The number of nitrogens with one attached hydrogen (secondary N) is 1. The topological polar surface area (TPSA) is 15.3 Å². The molecular formula is C12H24N2. The Labute approximate surface area is 88.1 Å². The van der Waals surface area contributed by atoms with Gasteiger partial charge in [-0.15, -0.1) is 0 Å². The van der Waals surface area contributed by atoms with E-state index < -0.39 is 0 Å². The molecule has 0 saturated carbocycles. The van der Waals surface area contributed by atoms with Gasteiger partial charge in [0.15, 0.2) is 0 Å². The lowest BCUT2D eigenvalue weighted by atomic mass is 9.80. The van der Waals surface area contributed by atoms with Gasteiger partial charge in [0.2, 0.25) is 0 Å². The van der Waals surface area contributed by atoms with E-state index in [0.29, 0.717) is 5.41 Å². The first-order valence-corrected chi connectivity index (χ1v) is 6.11. The van der Waals surface area contributed by atoms with Crippen LogP contribution in [0.3, 0.4) is 0 Å². The fraction of sp³-hybridized carbons (Fsp3) is 1.00. The molecule has 2 fully saturated rings. The number of piperidine rings is 1. The summed E-state index contributed by atoms with van der Waals surface area (Å²) in [6, 6.07) is 0. The first-order chi connectivity index (χ1) is 6.68. The number of likely N-dealkylation sites (tertiary alicyclic amines) is 1. The molecule has 2 saturated heterocycles. The molecule has 0 aromatic rings. The van der Waals surface area contributed by atoms with Gasteiger partial charge in [0.1, 0.15) is 0 Å². The molecule has 82 valence electrons. The Hall–Kier alpha value is -0.0800. The summed E-state index contributed by atoms with van der Waals surface area (Å²) in [5.74, 6) is 0.931. The number of hydrogen-bond donors (Lipinski definition) is 1. The maximum Gasteiger partial charge on any atom is 0.00364 e. The third kappa shape index (κ3) is 2.48. The summed E-state index contributed by atoms with van der Waals surface area (Å²) in [6.45, 7) is 11.3. The van der Waals surface area contributed by atoms with Crippen LogP contribution in [0.25, 0.3) is 0 Å². The van der Waals surface area contributed by atoms with Crippen molar-refractivity contribution in [1.29, 1.82) is 0 Å². The SMILES string of the molecule is CC1CCN(CC2(C)CCNCC2)C1. The van der Waals surface area contributed by atoms with Crippen molar-refractivity contribution >= 4 is 0 Å². The second-order valence-electron chi connectivity index (χ2n) is 5.69. The molecule has 0 bridgehead atoms. The fourth-order valence-corrected chi connectivity index (χ4v) is 2.90. The van der Waals surface area contributed by atoms with E-state index in [-0.39, 0.29) is 0 Å². The van der Waals surface area contributed by atoms with Gasteiger partial charge in [0.05, 0.1) is 0 Å². The van der Waals surface area contributed by atoms with Crippen LogP contribution in [0.15, 0.2) is 0 Å². The molecule has 2 rings (SSSR count). The largest absolute Gasteiger partial charge is 0.317 e. The second-order valence-corrected chi connectivity index (χ2v) is 5.69. The van der Waals surface area contributed by atoms with Gasteiger partial charge in [0.25, 0.3) is 0 Å². The van der Waals surface area contributed by atoms with Crippen LogP contribution in [-0.4, -0.2) is 37.6 Å². The van der Waals surface area contributed by atoms with Gasteiger partial charge in [-0.2, -0.15) is 0 Å². The van der Waals surface area contributed by atoms with E-state index in [0.717, 1.165) is 5.92 Å². The number of hydrogen-bond acceptors (Lipinski definition) is 2. The van der Waals surface area contributed by atoms with Gasteiger partial charge >= 0.3 is 0 Å². The minimum atomic E-state index is 0.593. The molecule has 2 aliphatic heterocycles. The Balaban J connectivity index is 1.83. The monoisotopic (exact) mass is 196 g/mol. The summed E-state index contributed by atoms with van der Waals surface area (Å²) in [4.78, 5) is 2.68. The molecule has 2 heteroatoms. The van der Waals surface area contributed by atoms with Crippen LogP contribution in [0.4, 0.5) is 0 Å². The molecule has 1 unspecified atom stereocenters. The maximum atomic E-state index is 3.46. The van der Waals surface area contributed by atoms with Crippen molar-refractivity contribution in [3.05, 3.63) is 0 Å². The summed E-state index contributed by atoms with van der Waals surface area (Å²) in [5.41, 5.74) is 0.593. The maximum absolute atomic E-state index is 3.46. The highest BCUT2D eigenvalue weighted by molar-refractivity contribution is 4.85. The molecule has 0 radical (unpaired) electrons. The Morgan fingerprint density at radius 3 is 2.64 bits per heavy atom. The van der Waals surface area contributed by atoms with E-state index in [1.54, 1.807) is 0 Å². The second kappa shape index (κ2) is 4.19. The molecular weight excluding hydrogens is 172 g/mol. The first-order valence-electron chi connectivity index (χ1n) is 6.11. The zero-order chi connectivity index (χ0) is 10.0. The average molecular weight is 196 g/mol. The Morgan fingerprint density at radius 1 is 1.36 bits per heavy atom. The molecule has 2 nitrogen and oxygen atoms in total.